The predicted molar refractivity (Wildman–Crippen MR) is 81.2 cm³/mol. The summed E-state index contributed by atoms with van der Waals surface area (Å²) in [7, 11) is 2.17. The zero-order chi connectivity index (χ0) is 14.5. The highest BCUT2D eigenvalue weighted by molar-refractivity contribution is 5.89. The average Bonchev–Trinajstić information content (AvgIpc) is 2.45. The first-order valence-corrected chi connectivity index (χ1v) is 7.59. The average molecular weight is 275 g/mol. The van der Waals surface area contributed by atoms with Gasteiger partial charge in [-0.3, -0.25) is 0 Å². The molecule has 1 aromatic rings. The molecule has 1 aliphatic carbocycles. The molecule has 2 unspecified atom stereocenters. The van der Waals surface area contributed by atoms with Gasteiger partial charge in [-0.1, -0.05) is 38.0 Å². The van der Waals surface area contributed by atoms with Gasteiger partial charge in [-0.25, -0.2) is 4.79 Å². The molecule has 0 heterocycles. The molecule has 1 N–H and O–H groups in total. The van der Waals surface area contributed by atoms with E-state index in [0.717, 1.165) is 24.4 Å². The first kappa shape index (κ1) is 15.0. The summed E-state index contributed by atoms with van der Waals surface area (Å²) in [4.78, 5) is 13.6. The molecular formula is C17H25NO2. The minimum absolute atomic E-state index is 0.443. The highest BCUT2D eigenvalue weighted by Gasteiger charge is 2.22. The highest BCUT2D eigenvalue weighted by Crippen LogP contribution is 2.26. The molecule has 0 radical (unpaired) electrons. The van der Waals surface area contributed by atoms with Gasteiger partial charge in [0.05, 0.1) is 5.56 Å². The van der Waals surface area contributed by atoms with Gasteiger partial charge in [0.25, 0.3) is 0 Å². The topological polar surface area (TPSA) is 40.5 Å². The van der Waals surface area contributed by atoms with Crippen molar-refractivity contribution in [1.82, 2.24) is 4.90 Å². The quantitative estimate of drug-likeness (QED) is 0.895. The number of carboxylic acid groups (broad SMARTS) is 1. The van der Waals surface area contributed by atoms with E-state index in [4.69, 9.17) is 0 Å². The first-order valence-electron chi connectivity index (χ1n) is 7.59. The van der Waals surface area contributed by atoms with Crippen LogP contribution in [0.3, 0.4) is 0 Å². The van der Waals surface area contributed by atoms with Crippen LogP contribution in [-0.2, 0) is 6.42 Å². The van der Waals surface area contributed by atoms with Crippen LogP contribution in [0.2, 0.25) is 0 Å². The Kier molecular flexibility index (Phi) is 5.18. The van der Waals surface area contributed by atoms with Crippen LogP contribution in [0.25, 0.3) is 0 Å². The standard InChI is InChI=1S/C17H25NO2/c1-13-6-5-8-15(12-13)18(2)11-10-14-7-3-4-9-16(14)17(19)20/h3-4,7,9,13,15H,5-6,8,10-12H2,1-2H3,(H,19,20). The summed E-state index contributed by atoms with van der Waals surface area (Å²) in [5, 5.41) is 9.20. The van der Waals surface area contributed by atoms with Gasteiger partial charge in [0.15, 0.2) is 0 Å². The fraction of sp³-hybridized carbons (Fsp3) is 0.588. The lowest BCUT2D eigenvalue weighted by atomic mass is 9.86. The second-order valence-electron chi connectivity index (χ2n) is 6.12. The fourth-order valence-electron chi connectivity index (χ4n) is 3.23. The Balaban J connectivity index is 1.93. The number of hydrogen-bond donors (Lipinski definition) is 1. The minimum atomic E-state index is -0.824. The van der Waals surface area contributed by atoms with Crippen LogP contribution in [0.4, 0.5) is 0 Å². The van der Waals surface area contributed by atoms with Crippen molar-refractivity contribution in [2.24, 2.45) is 5.92 Å². The van der Waals surface area contributed by atoms with Crippen molar-refractivity contribution in [2.75, 3.05) is 13.6 Å². The molecule has 1 saturated carbocycles. The number of rotatable bonds is 5. The third kappa shape index (κ3) is 3.83. The van der Waals surface area contributed by atoms with Crippen molar-refractivity contribution in [3.63, 3.8) is 0 Å². The monoisotopic (exact) mass is 275 g/mol. The Morgan fingerprint density at radius 3 is 2.80 bits per heavy atom. The van der Waals surface area contributed by atoms with Crippen LogP contribution in [0.5, 0.6) is 0 Å². The number of benzene rings is 1. The lowest BCUT2D eigenvalue weighted by Gasteiger charge is -2.34. The van der Waals surface area contributed by atoms with E-state index in [-0.39, 0.29) is 0 Å². The molecule has 0 aromatic heterocycles. The molecule has 20 heavy (non-hydrogen) atoms. The van der Waals surface area contributed by atoms with Gasteiger partial charge >= 0.3 is 5.97 Å². The molecule has 3 heteroatoms. The molecule has 1 fully saturated rings. The second kappa shape index (κ2) is 6.89. The predicted octanol–water partition coefficient (Wildman–Crippen LogP) is 3.44. The van der Waals surface area contributed by atoms with Gasteiger partial charge in [0, 0.05) is 12.6 Å². The van der Waals surface area contributed by atoms with Crippen molar-refractivity contribution in [3.8, 4) is 0 Å². The van der Waals surface area contributed by atoms with Gasteiger partial charge in [-0.15, -0.1) is 0 Å². The molecule has 2 rings (SSSR count). The summed E-state index contributed by atoms with van der Waals surface area (Å²) in [5.74, 6) is -0.00273. The largest absolute Gasteiger partial charge is 0.478 e. The van der Waals surface area contributed by atoms with Gasteiger partial charge in [0.1, 0.15) is 0 Å². The van der Waals surface area contributed by atoms with Crippen LogP contribution < -0.4 is 0 Å². The maximum Gasteiger partial charge on any atom is 0.335 e. The molecule has 2 atom stereocenters. The molecule has 3 nitrogen and oxygen atoms in total. The van der Waals surface area contributed by atoms with E-state index < -0.39 is 5.97 Å². The Morgan fingerprint density at radius 1 is 1.35 bits per heavy atom. The lowest BCUT2D eigenvalue weighted by Crippen LogP contribution is -2.36. The normalized spacial score (nSPS) is 22.9. The summed E-state index contributed by atoms with van der Waals surface area (Å²) in [6, 6.07) is 8.00. The molecule has 0 aliphatic heterocycles. The van der Waals surface area contributed by atoms with E-state index in [1.807, 2.05) is 12.1 Å². The van der Waals surface area contributed by atoms with Crippen molar-refractivity contribution in [1.29, 1.82) is 0 Å². The van der Waals surface area contributed by atoms with E-state index in [1.54, 1.807) is 12.1 Å². The number of likely N-dealkylation sites (N-methyl/N-ethyl adjacent to an activating group) is 1. The van der Waals surface area contributed by atoms with Crippen molar-refractivity contribution < 1.29 is 9.90 Å². The molecule has 0 saturated heterocycles. The Bertz CT molecular complexity index is 458. The van der Waals surface area contributed by atoms with Crippen LogP contribution in [-0.4, -0.2) is 35.6 Å². The van der Waals surface area contributed by atoms with Gasteiger partial charge in [-0.2, -0.15) is 0 Å². The summed E-state index contributed by atoms with van der Waals surface area (Å²) in [6.07, 6.45) is 6.04. The lowest BCUT2D eigenvalue weighted by molar-refractivity contribution is 0.0695. The Morgan fingerprint density at radius 2 is 2.10 bits per heavy atom. The number of carbonyl (C=O) groups is 1. The Hall–Kier alpha value is -1.35. The van der Waals surface area contributed by atoms with Gasteiger partial charge in [0.2, 0.25) is 0 Å². The van der Waals surface area contributed by atoms with Crippen LogP contribution in [0.15, 0.2) is 24.3 Å². The minimum Gasteiger partial charge on any atom is -0.478 e. The molecule has 0 bridgehead atoms. The van der Waals surface area contributed by atoms with Crippen LogP contribution in [0.1, 0.15) is 48.5 Å². The smallest absolute Gasteiger partial charge is 0.335 e. The maximum atomic E-state index is 11.2. The van der Waals surface area contributed by atoms with E-state index in [1.165, 1.54) is 25.7 Å². The third-order valence-corrected chi connectivity index (χ3v) is 4.51. The molecule has 0 spiro atoms. The zero-order valence-corrected chi connectivity index (χ0v) is 12.5. The first-order chi connectivity index (χ1) is 9.58. The van der Waals surface area contributed by atoms with E-state index in [9.17, 15) is 9.90 Å². The van der Waals surface area contributed by atoms with Crippen LogP contribution >= 0.6 is 0 Å². The molecular weight excluding hydrogens is 250 g/mol. The summed E-state index contributed by atoms with van der Waals surface area (Å²) in [5.41, 5.74) is 1.38. The summed E-state index contributed by atoms with van der Waals surface area (Å²) in [6.45, 7) is 3.27. The molecule has 110 valence electrons. The van der Waals surface area contributed by atoms with Crippen molar-refractivity contribution in [3.05, 3.63) is 35.4 Å². The number of nitrogens with zero attached hydrogens (tertiary/aromatic N) is 1. The van der Waals surface area contributed by atoms with Crippen molar-refractivity contribution in [2.45, 2.75) is 45.1 Å². The summed E-state index contributed by atoms with van der Waals surface area (Å²) >= 11 is 0. The second-order valence-corrected chi connectivity index (χ2v) is 6.12. The third-order valence-electron chi connectivity index (χ3n) is 4.51. The van der Waals surface area contributed by atoms with Gasteiger partial charge in [-0.05, 0) is 43.9 Å². The van der Waals surface area contributed by atoms with E-state index >= 15 is 0 Å². The molecule has 1 aromatic carbocycles. The van der Waals surface area contributed by atoms with Crippen LogP contribution in [0, 0.1) is 5.92 Å². The zero-order valence-electron chi connectivity index (χ0n) is 12.5. The SMILES string of the molecule is CC1CCCC(N(C)CCc2ccccc2C(=O)O)C1. The fourth-order valence-corrected chi connectivity index (χ4v) is 3.23. The Labute approximate surface area is 121 Å². The summed E-state index contributed by atoms with van der Waals surface area (Å²) < 4.78 is 0. The number of aromatic carboxylic acids is 1. The molecule has 0 amide bonds. The van der Waals surface area contributed by atoms with E-state index in [2.05, 4.69) is 18.9 Å². The highest BCUT2D eigenvalue weighted by atomic mass is 16.4. The maximum absolute atomic E-state index is 11.2. The van der Waals surface area contributed by atoms with E-state index in [0.29, 0.717) is 11.6 Å². The molecule has 1 aliphatic rings. The van der Waals surface area contributed by atoms with Crippen molar-refractivity contribution >= 4 is 5.97 Å². The van der Waals surface area contributed by atoms with Gasteiger partial charge < -0.3 is 10.0 Å². The number of carboxylic acids is 1. The number of hydrogen-bond acceptors (Lipinski definition) is 2.